The molecule has 1 saturated heterocycles. The Morgan fingerprint density at radius 3 is 2.39 bits per heavy atom. The molecule has 28 heavy (non-hydrogen) atoms. The third kappa shape index (κ3) is 3.40. The van der Waals surface area contributed by atoms with Gasteiger partial charge in [0.25, 0.3) is 0 Å². The second-order valence-electron chi connectivity index (χ2n) is 7.29. The number of rotatable bonds is 3. The number of carbonyl (C=O) groups is 1. The fourth-order valence-corrected chi connectivity index (χ4v) is 4.23. The van der Waals surface area contributed by atoms with Gasteiger partial charge in [-0.25, -0.2) is 4.79 Å². The van der Waals surface area contributed by atoms with Crippen LogP contribution in [-0.4, -0.2) is 45.0 Å². The van der Waals surface area contributed by atoms with Crippen LogP contribution in [-0.2, 0) is 16.7 Å². The molecule has 0 aromatic heterocycles. The van der Waals surface area contributed by atoms with E-state index in [4.69, 9.17) is 18.9 Å². The molecule has 2 aromatic carbocycles. The van der Waals surface area contributed by atoms with Gasteiger partial charge < -0.3 is 23.8 Å². The molecule has 0 N–H and O–H groups in total. The summed E-state index contributed by atoms with van der Waals surface area (Å²) in [5.41, 5.74) is 2.12. The first-order valence-corrected chi connectivity index (χ1v) is 9.50. The lowest BCUT2D eigenvalue weighted by molar-refractivity contribution is 0.0277. The van der Waals surface area contributed by atoms with Gasteiger partial charge in [-0.15, -0.1) is 0 Å². The van der Waals surface area contributed by atoms with E-state index in [1.165, 1.54) is 5.56 Å². The molecule has 0 bridgehead atoms. The van der Waals surface area contributed by atoms with Crippen molar-refractivity contribution in [3.05, 3.63) is 53.6 Å². The van der Waals surface area contributed by atoms with Crippen molar-refractivity contribution in [1.29, 1.82) is 0 Å². The number of para-hydroxylation sites is 1. The van der Waals surface area contributed by atoms with E-state index in [9.17, 15) is 4.79 Å². The van der Waals surface area contributed by atoms with Crippen molar-refractivity contribution < 1.29 is 23.7 Å². The molecule has 148 valence electrons. The average molecular weight is 383 g/mol. The maximum Gasteiger partial charge on any atom is 0.415 e. The molecule has 2 heterocycles. The normalized spacial score (nSPS) is 17.7. The van der Waals surface area contributed by atoms with Crippen LogP contribution in [0.5, 0.6) is 17.2 Å². The molecule has 4 rings (SSSR count). The van der Waals surface area contributed by atoms with Crippen LogP contribution in [0.25, 0.3) is 0 Å². The lowest BCUT2D eigenvalue weighted by atomic mass is 9.70. The van der Waals surface area contributed by atoms with Gasteiger partial charge >= 0.3 is 6.09 Å². The van der Waals surface area contributed by atoms with Crippen molar-refractivity contribution in [2.24, 2.45) is 0 Å². The number of fused-ring (bicyclic) bond motifs is 2. The van der Waals surface area contributed by atoms with Crippen molar-refractivity contribution in [1.82, 2.24) is 4.90 Å². The summed E-state index contributed by atoms with van der Waals surface area (Å²) in [6.07, 6.45) is 1.37. The number of ether oxygens (including phenoxy) is 4. The molecule has 0 atom stereocenters. The van der Waals surface area contributed by atoms with Gasteiger partial charge in [-0.3, -0.25) is 0 Å². The molecule has 6 nitrogen and oxygen atoms in total. The molecule has 1 spiro atoms. The van der Waals surface area contributed by atoms with Gasteiger partial charge in [0.2, 0.25) is 0 Å². The van der Waals surface area contributed by atoms with Crippen molar-refractivity contribution >= 4 is 6.09 Å². The zero-order valence-corrected chi connectivity index (χ0v) is 16.3. The molecule has 6 heteroatoms. The monoisotopic (exact) mass is 383 g/mol. The molecule has 0 radical (unpaired) electrons. The number of benzene rings is 2. The first-order chi connectivity index (χ1) is 13.6. The fourth-order valence-electron chi connectivity index (χ4n) is 4.23. The highest BCUT2D eigenvalue weighted by Crippen LogP contribution is 2.45. The predicted octanol–water partition coefficient (Wildman–Crippen LogP) is 3.77. The van der Waals surface area contributed by atoms with Crippen LogP contribution in [0.1, 0.15) is 24.0 Å². The van der Waals surface area contributed by atoms with Gasteiger partial charge in [-0.05, 0) is 48.2 Å². The first kappa shape index (κ1) is 18.6. The quantitative estimate of drug-likeness (QED) is 0.808. The molecular formula is C22H25NO5. The molecule has 2 aliphatic heterocycles. The number of hydrogen-bond donors (Lipinski definition) is 0. The lowest BCUT2D eigenvalue weighted by Crippen LogP contribution is -2.51. The van der Waals surface area contributed by atoms with Crippen LogP contribution in [0, 0.1) is 0 Å². The molecule has 0 unspecified atom stereocenters. The summed E-state index contributed by atoms with van der Waals surface area (Å²) in [5.74, 6) is 1.93. The maximum absolute atomic E-state index is 12.9. The van der Waals surface area contributed by atoms with E-state index in [1.54, 1.807) is 31.3 Å². The third-order valence-corrected chi connectivity index (χ3v) is 5.69. The van der Waals surface area contributed by atoms with Crippen molar-refractivity contribution in [2.45, 2.75) is 24.8 Å². The Morgan fingerprint density at radius 1 is 1.04 bits per heavy atom. The molecule has 0 saturated carbocycles. The number of methoxy groups -OCH3 is 2. The Bertz CT molecular complexity index is 846. The summed E-state index contributed by atoms with van der Waals surface area (Å²) in [5, 5.41) is 0. The summed E-state index contributed by atoms with van der Waals surface area (Å²) >= 11 is 0. The minimum absolute atomic E-state index is 0.166. The molecule has 2 aliphatic rings. The highest BCUT2D eigenvalue weighted by atomic mass is 16.6. The second kappa shape index (κ2) is 7.72. The van der Waals surface area contributed by atoms with E-state index >= 15 is 0 Å². The third-order valence-electron chi connectivity index (χ3n) is 5.69. The van der Waals surface area contributed by atoms with E-state index in [0.29, 0.717) is 43.6 Å². The van der Waals surface area contributed by atoms with E-state index in [0.717, 1.165) is 18.4 Å². The SMILES string of the molecule is COc1cc2c(cc1OC)C1(CCOCC1)CN(C(=O)Oc1ccccc1)C2. The Kier molecular flexibility index (Phi) is 5.13. The molecule has 0 aliphatic carbocycles. The van der Waals surface area contributed by atoms with Crippen LogP contribution in [0.4, 0.5) is 4.79 Å². The van der Waals surface area contributed by atoms with E-state index < -0.39 is 0 Å². The Balaban J connectivity index is 1.69. The topological polar surface area (TPSA) is 57.2 Å². The summed E-state index contributed by atoms with van der Waals surface area (Å²) in [6, 6.07) is 13.2. The number of amides is 1. The molecule has 1 amide bonds. The van der Waals surface area contributed by atoms with Crippen LogP contribution in [0.2, 0.25) is 0 Å². The second-order valence-corrected chi connectivity index (χ2v) is 7.29. The number of nitrogens with zero attached hydrogens (tertiary/aromatic N) is 1. The summed E-state index contributed by atoms with van der Waals surface area (Å²) in [6.45, 7) is 2.43. The predicted molar refractivity (Wildman–Crippen MR) is 104 cm³/mol. The minimum Gasteiger partial charge on any atom is -0.493 e. The van der Waals surface area contributed by atoms with Gasteiger partial charge in [-0.2, -0.15) is 0 Å². The van der Waals surface area contributed by atoms with Crippen molar-refractivity contribution in [2.75, 3.05) is 34.0 Å². The average Bonchev–Trinajstić information content (AvgIpc) is 2.74. The zero-order valence-electron chi connectivity index (χ0n) is 16.3. The van der Waals surface area contributed by atoms with Crippen LogP contribution >= 0.6 is 0 Å². The lowest BCUT2D eigenvalue weighted by Gasteiger charge is -2.46. The van der Waals surface area contributed by atoms with E-state index in [1.807, 2.05) is 24.3 Å². The van der Waals surface area contributed by atoms with E-state index in [2.05, 4.69) is 6.07 Å². The largest absolute Gasteiger partial charge is 0.493 e. The van der Waals surface area contributed by atoms with Crippen LogP contribution < -0.4 is 14.2 Å². The first-order valence-electron chi connectivity index (χ1n) is 9.50. The standard InChI is InChI=1S/C22H25NO5/c1-25-19-12-16-14-23(21(24)28-17-6-4-3-5-7-17)15-22(8-10-27-11-9-22)18(16)13-20(19)26-2/h3-7,12-13H,8-11,14-15H2,1-2H3. The smallest absolute Gasteiger partial charge is 0.415 e. The van der Waals surface area contributed by atoms with Crippen molar-refractivity contribution in [3.8, 4) is 17.2 Å². The van der Waals surface area contributed by atoms with Crippen LogP contribution in [0.15, 0.2) is 42.5 Å². The zero-order chi connectivity index (χ0) is 19.6. The summed E-state index contributed by atoms with van der Waals surface area (Å²) < 4.78 is 22.2. The van der Waals surface area contributed by atoms with Gasteiger partial charge in [0.15, 0.2) is 11.5 Å². The Morgan fingerprint density at radius 2 is 1.71 bits per heavy atom. The molecule has 2 aromatic rings. The van der Waals surface area contributed by atoms with Crippen molar-refractivity contribution in [3.63, 3.8) is 0 Å². The van der Waals surface area contributed by atoms with Gasteiger partial charge in [-0.1, -0.05) is 18.2 Å². The fraction of sp³-hybridized carbons (Fsp3) is 0.409. The molecule has 1 fully saturated rings. The highest BCUT2D eigenvalue weighted by Gasteiger charge is 2.43. The highest BCUT2D eigenvalue weighted by molar-refractivity contribution is 5.72. The number of carbonyl (C=O) groups excluding carboxylic acids is 1. The van der Waals surface area contributed by atoms with Gasteiger partial charge in [0.05, 0.1) is 14.2 Å². The molecular weight excluding hydrogens is 358 g/mol. The number of hydrogen-bond acceptors (Lipinski definition) is 5. The van der Waals surface area contributed by atoms with E-state index in [-0.39, 0.29) is 11.5 Å². The summed E-state index contributed by atoms with van der Waals surface area (Å²) in [7, 11) is 3.27. The summed E-state index contributed by atoms with van der Waals surface area (Å²) in [4.78, 5) is 14.7. The Labute approximate surface area is 165 Å². The van der Waals surface area contributed by atoms with Crippen LogP contribution in [0.3, 0.4) is 0 Å². The van der Waals surface area contributed by atoms with Gasteiger partial charge in [0.1, 0.15) is 5.75 Å². The Hall–Kier alpha value is -2.73. The minimum atomic E-state index is -0.336. The maximum atomic E-state index is 12.9. The van der Waals surface area contributed by atoms with Gasteiger partial charge in [0, 0.05) is 31.7 Å².